The maximum Gasteiger partial charge on any atom is 0.121 e. The van der Waals surface area contributed by atoms with Gasteiger partial charge in [0, 0.05) is 38.9 Å². The maximum absolute atomic E-state index is 10.8. The van der Waals surface area contributed by atoms with Crippen molar-refractivity contribution in [1.29, 1.82) is 0 Å². The molecule has 1 atom stereocenters. The first-order valence-electron chi connectivity index (χ1n) is 19.4. The molecule has 0 amide bonds. The molecule has 2 aromatic rings. The van der Waals surface area contributed by atoms with Crippen LogP contribution >= 0.6 is 0 Å². The zero-order valence-electron chi connectivity index (χ0n) is 36.9. The van der Waals surface area contributed by atoms with E-state index >= 15 is 0 Å². The Balaban J connectivity index is 2.13. The first-order valence-corrected chi connectivity index (χ1v) is 8.92. The van der Waals surface area contributed by atoms with Crippen molar-refractivity contribution >= 4 is 0 Å². The van der Waals surface area contributed by atoms with Gasteiger partial charge < -0.3 is 25.4 Å². The number of hydrogen-bond acceptors (Lipinski definition) is 5. The fourth-order valence-corrected chi connectivity index (χ4v) is 1.98. The predicted octanol–water partition coefficient (Wildman–Crippen LogP) is 4.11. The number of unbranched alkanes of at least 4 members (excludes halogenated alkanes) is 2. The topological polar surface area (TPSA) is 82.0 Å². The van der Waals surface area contributed by atoms with E-state index in [1.165, 1.54) is 0 Å². The molecule has 5 heteroatoms. The van der Waals surface area contributed by atoms with Crippen molar-refractivity contribution in [3.05, 3.63) is 65.1 Å². The molecule has 0 aromatic heterocycles. The van der Waals surface area contributed by atoms with Crippen LogP contribution in [0.25, 0.3) is 0 Å². The highest BCUT2D eigenvalue weighted by Crippen LogP contribution is 2.22. The summed E-state index contributed by atoms with van der Waals surface area (Å²) >= 11 is 0. The highest BCUT2D eigenvalue weighted by atomic mass is 16.5. The van der Waals surface area contributed by atoms with E-state index in [9.17, 15) is 15.3 Å². The Bertz CT molecular complexity index is 1570. The summed E-state index contributed by atoms with van der Waals surface area (Å²) in [6.45, 7) is -13.9. The molecule has 30 heavy (non-hydrogen) atoms. The molecule has 1 unspecified atom stereocenters. The number of aliphatic hydroxyl groups is 2. The molecule has 0 heterocycles. The summed E-state index contributed by atoms with van der Waals surface area (Å²) in [7, 11) is 0. The van der Waals surface area contributed by atoms with Crippen molar-refractivity contribution < 1.29 is 48.8 Å². The molecule has 0 saturated heterocycles. The van der Waals surface area contributed by atoms with Gasteiger partial charge >= 0.3 is 0 Å². The van der Waals surface area contributed by atoms with E-state index in [0.717, 1.165) is 12.1 Å². The van der Waals surface area contributed by atoms with Crippen LogP contribution in [0.3, 0.4) is 0 Å². The second-order valence-corrected chi connectivity index (χ2v) is 5.62. The van der Waals surface area contributed by atoms with Crippen LogP contribution in [0.15, 0.2) is 48.4 Å². The Morgan fingerprint density at radius 2 is 1.90 bits per heavy atom. The van der Waals surface area contributed by atoms with Crippen LogP contribution in [0.2, 0.25) is 0 Å². The van der Waals surface area contributed by atoms with Gasteiger partial charge in [-0.25, -0.2) is 0 Å². The second-order valence-electron chi connectivity index (χ2n) is 5.62. The van der Waals surface area contributed by atoms with E-state index in [1.54, 1.807) is 5.32 Å². The normalized spacial score (nSPS) is 26.8. The van der Waals surface area contributed by atoms with Crippen molar-refractivity contribution in [2.24, 2.45) is 0 Å². The van der Waals surface area contributed by atoms with E-state index in [2.05, 4.69) is 0 Å². The lowest BCUT2D eigenvalue weighted by Gasteiger charge is -2.14. The van der Waals surface area contributed by atoms with Crippen LogP contribution in [0.1, 0.15) is 90.0 Å². The van der Waals surface area contributed by atoms with Crippen molar-refractivity contribution in [3.8, 4) is 5.75 Å². The molecule has 0 radical (unpaired) electrons. The van der Waals surface area contributed by atoms with Gasteiger partial charge in [-0.05, 0) is 61.7 Å². The van der Waals surface area contributed by atoms with E-state index in [0.29, 0.717) is 0 Å². The molecule has 5 nitrogen and oxygen atoms in total. The molecular weight excluding hydrogens is 378 g/mol. The molecule has 0 aliphatic rings. The Kier molecular flexibility index (Phi) is 4.10. The molecule has 4 N–H and O–H groups in total. The minimum absolute atomic E-state index is 0.00510. The van der Waals surface area contributed by atoms with E-state index < -0.39 is 117 Å². The van der Waals surface area contributed by atoms with Crippen LogP contribution in [0, 0.1) is 0 Å². The number of rotatable bonds is 16. The summed E-state index contributed by atoms with van der Waals surface area (Å²) < 4.78 is 173. The average molecular weight is 437 g/mol. The number of hydrogen-bond donors (Lipinski definition) is 4. The quantitative estimate of drug-likeness (QED) is 0.298. The molecule has 0 spiro atoms. The summed E-state index contributed by atoms with van der Waals surface area (Å²) in [5, 5.41) is 32.3. The van der Waals surface area contributed by atoms with Gasteiger partial charge in [0.05, 0.1) is 27.7 Å². The van der Waals surface area contributed by atoms with Gasteiger partial charge in [0.1, 0.15) is 5.75 Å². The molecule has 0 aliphatic heterocycles. The summed E-state index contributed by atoms with van der Waals surface area (Å²) in [6.07, 6.45) is -15.5. The standard InChI is InChI=1S/C25H37NO4/c27-20-23-18-22(13-14-24(23)28)25(29)19-26-15-7-1-2-8-16-30-17-9-6-12-21-10-4-3-5-11-21/h3-5,10-11,13-14,18,25-29H,1-2,6-9,12,15-17,19-20H2/i3D,6D2,9D2,10D,11D,12D2,13D,14D,15D2,17D2,18D,19D2,20D2,25D. The Labute approximate surface area is 210 Å². The molecule has 0 bridgehead atoms. The summed E-state index contributed by atoms with van der Waals surface area (Å²) in [4.78, 5) is 0. The van der Waals surface area contributed by atoms with Gasteiger partial charge in [0.15, 0.2) is 0 Å². The predicted molar refractivity (Wildman–Crippen MR) is 121 cm³/mol. The molecular formula is C25H37NO4. The fraction of sp³-hybridized carbons (Fsp3) is 0.520. The summed E-state index contributed by atoms with van der Waals surface area (Å²) in [5.41, 5.74) is -3.59. The molecule has 2 rings (SSSR count). The van der Waals surface area contributed by atoms with Crippen molar-refractivity contribution in [1.82, 2.24) is 5.32 Å². The molecule has 2 aromatic carbocycles. The highest BCUT2D eigenvalue weighted by molar-refractivity contribution is 5.36. The zero-order chi connectivity index (χ0) is 40.1. The number of aromatic hydroxyl groups is 1. The number of nitrogens with one attached hydrogen (secondary N) is 1. The largest absolute Gasteiger partial charge is 0.508 e. The van der Waals surface area contributed by atoms with Crippen molar-refractivity contribution in [2.45, 2.75) is 57.4 Å². The average Bonchev–Trinajstić information content (AvgIpc) is 2.91. The van der Waals surface area contributed by atoms with Gasteiger partial charge in [-0.1, -0.05) is 49.1 Å². The lowest BCUT2D eigenvalue weighted by molar-refractivity contribution is 0.126. The number of benzene rings is 2. The number of phenols is 1. The third-order valence-electron chi connectivity index (χ3n) is 3.43. The first kappa shape index (κ1) is 8.21. The maximum atomic E-state index is 10.8. The van der Waals surface area contributed by atoms with Gasteiger partial charge in [-0.15, -0.1) is 0 Å². The molecule has 0 aliphatic carbocycles. The van der Waals surface area contributed by atoms with E-state index in [-0.39, 0.29) is 25.3 Å². The van der Waals surface area contributed by atoms with Gasteiger partial charge in [-0.2, -0.15) is 0 Å². The zero-order valence-corrected chi connectivity index (χ0v) is 15.9. The smallest absolute Gasteiger partial charge is 0.121 e. The lowest BCUT2D eigenvalue weighted by atomic mass is 10.1. The SMILES string of the molecule is [2H]c1cc([2H])c(C([2H])([2H])C([2H])([2H])C([2H])([2H])C([2H])([2H])OCCCCCC([2H])([2H])NC([2H])([2H])C([2H])(O)c2c([2H])c([2H])c(O)c(C([2H])([2H])O)c2[2H])c([2H])c1. The third-order valence-corrected chi connectivity index (χ3v) is 3.43. The minimum atomic E-state index is -3.77. The highest BCUT2D eigenvalue weighted by Gasteiger charge is 2.09. The van der Waals surface area contributed by atoms with E-state index in [1.807, 2.05) is 0 Å². The molecule has 0 fully saturated rings. The second kappa shape index (κ2) is 15.0. The van der Waals surface area contributed by atoms with Gasteiger partial charge in [0.2, 0.25) is 0 Å². The fourth-order valence-electron chi connectivity index (χ4n) is 1.98. The molecule has 0 saturated carbocycles. The minimum Gasteiger partial charge on any atom is -0.508 e. The van der Waals surface area contributed by atoms with Crippen LogP contribution in [-0.2, 0) is 17.7 Å². The van der Waals surface area contributed by atoms with Crippen LogP contribution in [0.5, 0.6) is 5.75 Å². The Hall–Kier alpha value is -1.92. The van der Waals surface area contributed by atoms with Crippen molar-refractivity contribution in [3.63, 3.8) is 0 Å². The third kappa shape index (κ3) is 9.72. The van der Waals surface area contributed by atoms with Gasteiger partial charge in [-0.3, -0.25) is 0 Å². The van der Waals surface area contributed by atoms with Crippen molar-refractivity contribution in [2.75, 3.05) is 26.2 Å². The molecule has 166 valence electrons. The first-order chi connectivity index (χ1) is 22.6. The Morgan fingerprint density at radius 3 is 2.70 bits per heavy atom. The Morgan fingerprint density at radius 1 is 1.10 bits per heavy atom. The van der Waals surface area contributed by atoms with Gasteiger partial charge in [0.25, 0.3) is 0 Å². The van der Waals surface area contributed by atoms with E-state index in [4.69, 9.17) is 33.5 Å². The monoisotopic (exact) mass is 436 g/mol. The lowest BCUT2D eigenvalue weighted by Crippen LogP contribution is -2.22. The summed E-state index contributed by atoms with van der Waals surface area (Å²) in [6, 6.07) is -4.15. The summed E-state index contributed by atoms with van der Waals surface area (Å²) in [5.74, 6) is -1.37. The van der Waals surface area contributed by atoms with Crippen LogP contribution in [0.4, 0.5) is 0 Å². The van der Waals surface area contributed by atoms with Crippen LogP contribution in [-0.4, -0.2) is 41.5 Å². The van der Waals surface area contributed by atoms with Crippen LogP contribution < -0.4 is 5.32 Å². The number of ether oxygens (including phenoxy) is 1.